The predicted molar refractivity (Wildman–Crippen MR) is 61.8 cm³/mol. The number of rotatable bonds is 4. The van der Waals surface area contributed by atoms with Crippen molar-refractivity contribution in [3.8, 4) is 0 Å². The third-order valence-electron chi connectivity index (χ3n) is 4.36. The van der Waals surface area contributed by atoms with Gasteiger partial charge in [0.05, 0.1) is 11.6 Å². The normalized spacial score (nSPS) is 37.2. The van der Waals surface area contributed by atoms with Gasteiger partial charge in [-0.3, -0.25) is 4.90 Å². The van der Waals surface area contributed by atoms with Gasteiger partial charge in [0.25, 0.3) is 0 Å². The minimum atomic E-state index is 0.119. The molecule has 3 heteroatoms. The average molecular weight is 212 g/mol. The number of nitrogens with two attached hydrogens (primary N) is 1. The molecule has 2 atom stereocenters. The summed E-state index contributed by atoms with van der Waals surface area (Å²) < 4.78 is 5.68. The molecule has 0 saturated heterocycles. The Bertz CT molecular complexity index is 214. The molecule has 0 amide bonds. The molecule has 2 aliphatic rings. The maximum atomic E-state index is 6.05. The molecule has 15 heavy (non-hydrogen) atoms. The summed E-state index contributed by atoms with van der Waals surface area (Å²) in [6.45, 7) is 0.735. The van der Waals surface area contributed by atoms with Gasteiger partial charge in [-0.05, 0) is 32.7 Å². The van der Waals surface area contributed by atoms with Gasteiger partial charge in [-0.15, -0.1) is 0 Å². The van der Waals surface area contributed by atoms with E-state index in [0.29, 0.717) is 6.10 Å². The van der Waals surface area contributed by atoms with E-state index in [1.807, 2.05) is 7.11 Å². The first kappa shape index (κ1) is 11.4. The third kappa shape index (κ3) is 1.93. The summed E-state index contributed by atoms with van der Waals surface area (Å²) >= 11 is 0. The van der Waals surface area contributed by atoms with Crippen molar-refractivity contribution < 1.29 is 4.74 Å². The lowest BCUT2D eigenvalue weighted by atomic mass is 9.77. The third-order valence-corrected chi connectivity index (χ3v) is 4.36. The molecule has 0 heterocycles. The molecule has 0 bridgehead atoms. The molecule has 0 aromatic rings. The van der Waals surface area contributed by atoms with E-state index in [9.17, 15) is 0 Å². The van der Waals surface area contributed by atoms with E-state index >= 15 is 0 Å². The number of hydrogen-bond acceptors (Lipinski definition) is 3. The predicted octanol–water partition coefficient (Wildman–Crippen LogP) is 1.37. The van der Waals surface area contributed by atoms with Gasteiger partial charge in [0.1, 0.15) is 0 Å². The molecule has 2 fully saturated rings. The fraction of sp³-hybridized carbons (Fsp3) is 1.00. The Morgan fingerprint density at radius 1 is 1.33 bits per heavy atom. The van der Waals surface area contributed by atoms with E-state index in [0.717, 1.165) is 12.6 Å². The molecule has 0 radical (unpaired) electrons. The maximum absolute atomic E-state index is 6.05. The van der Waals surface area contributed by atoms with Crippen molar-refractivity contribution in [3.05, 3.63) is 0 Å². The van der Waals surface area contributed by atoms with Crippen molar-refractivity contribution in [2.45, 2.75) is 56.2 Å². The van der Waals surface area contributed by atoms with Crippen molar-refractivity contribution in [1.29, 1.82) is 0 Å². The lowest BCUT2D eigenvalue weighted by Crippen LogP contribution is -2.62. The Morgan fingerprint density at radius 2 is 2.07 bits per heavy atom. The SMILES string of the molecule is COC1CCCCC1(CN)N(C)C1CC1. The molecular weight excluding hydrogens is 188 g/mol. The monoisotopic (exact) mass is 212 g/mol. The molecule has 2 N–H and O–H groups in total. The zero-order chi connectivity index (χ0) is 10.9. The molecule has 2 aliphatic carbocycles. The quantitative estimate of drug-likeness (QED) is 0.765. The molecule has 0 aliphatic heterocycles. The minimum absolute atomic E-state index is 0.119. The summed E-state index contributed by atoms with van der Waals surface area (Å²) in [5.74, 6) is 0. The van der Waals surface area contributed by atoms with Crippen LogP contribution in [0.3, 0.4) is 0 Å². The van der Waals surface area contributed by atoms with Crippen LogP contribution in [0.25, 0.3) is 0 Å². The van der Waals surface area contributed by atoms with Gasteiger partial charge in [0, 0.05) is 19.7 Å². The van der Waals surface area contributed by atoms with Crippen LogP contribution in [0, 0.1) is 0 Å². The van der Waals surface area contributed by atoms with E-state index in [4.69, 9.17) is 10.5 Å². The fourth-order valence-corrected chi connectivity index (χ4v) is 3.13. The van der Waals surface area contributed by atoms with Crippen LogP contribution in [0.4, 0.5) is 0 Å². The van der Waals surface area contributed by atoms with E-state index in [1.165, 1.54) is 38.5 Å². The van der Waals surface area contributed by atoms with Crippen LogP contribution < -0.4 is 5.73 Å². The van der Waals surface area contributed by atoms with Crippen LogP contribution in [0.5, 0.6) is 0 Å². The van der Waals surface area contributed by atoms with E-state index in [-0.39, 0.29) is 5.54 Å². The number of methoxy groups -OCH3 is 1. The van der Waals surface area contributed by atoms with Crippen molar-refractivity contribution in [3.63, 3.8) is 0 Å². The number of hydrogen-bond donors (Lipinski definition) is 1. The standard InChI is InChI=1S/C12H24N2O/c1-14(10-6-7-10)12(9-13)8-4-3-5-11(12)15-2/h10-11H,3-9,13H2,1-2H3. The number of likely N-dealkylation sites (N-methyl/N-ethyl adjacent to an activating group) is 1. The van der Waals surface area contributed by atoms with Gasteiger partial charge in [-0.1, -0.05) is 12.8 Å². The van der Waals surface area contributed by atoms with Gasteiger partial charge in [-0.25, -0.2) is 0 Å². The molecule has 0 aromatic carbocycles. The largest absolute Gasteiger partial charge is 0.379 e. The highest BCUT2D eigenvalue weighted by molar-refractivity contribution is 5.04. The van der Waals surface area contributed by atoms with E-state index < -0.39 is 0 Å². The summed E-state index contributed by atoms with van der Waals surface area (Å²) in [6, 6.07) is 0.768. The molecular formula is C12H24N2O. The van der Waals surface area contributed by atoms with Crippen molar-refractivity contribution in [1.82, 2.24) is 4.90 Å². The summed E-state index contributed by atoms with van der Waals surface area (Å²) in [6.07, 6.45) is 7.98. The molecule has 0 aromatic heterocycles. The van der Waals surface area contributed by atoms with Crippen LogP contribution in [0.2, 0.25) is 0 Å². The Morgan fingerprint density at radius 3 is 2.60 bits per heavy atom. The second-order valence-corrected chi connectivity index (χ2v) is 5.12. The lowest BCUT2D eigenvalue weighted by molar-refractivity contribution is -0.0688. The van der Waals surface area contributed by atoms with Gasteiger partial charge >= 0.3 is 0 Å². The first-order valence-electron chi connectivity index (χ1n) is 6.20. The summed E-state index contributed by atoms with van der Waals surface area (Å²) in [5.41, 5.74) is 6.17. The van der Waals surface area contributed by atoms with Gasteiger partial charge in [-0.2, -0.15) is 0 Å². The fourth-order valence-electron chi connectivity index (χ4n) is 3.13. The molecule has 3 nitrogen and oxygen atoms in total. The number of nitrogens with zero attached hydrogens (tertiary/aromatic N) is 1. The van der Waals surface area contributed by atoms with Crippen LogP contribution in [-0.2, 0) is 4.74 Å². The van der Waals surface area contributed by atoms with Crippen molar-refractivity contribution >= 4 is 0 Å². The smallest absolute Gasteiger partial charge is 0.0767 e. The number of ether oxygens (including phenoxy) is 1. The van der Waals surface area contributed by atoms with Crippen LogP contribution in [0.1, 0.15) is 38.5 Å². The van der Waals surface area contributed by atoms with Crippen LogP contribution >= 0.6 is 0 Å². The Labute approximate surface area is 93.0 Å². The molecule has 88 valence electrons. The van der Waals surface area contributed by atoms with Gasteiger partial charge in [0.15, 0.2) is 0 Å². The van der Waals surface area contributed by atoms with Crippen LogP contribution in [0.15, 0.2) is 0 Å². The van der Waals surface area contributed by atoms with Crippen LogP contribution in [-0.4, -0.2) is 43.3 Å². The van der Waals surface area contributed by atoms with E-state index in [1.54, 1.807) is 0 Å². The van der Waals surface area contributed by atoms with Gasteiger partial charge in [0.2, 0.25) is 0 Å². The zero-order valence-corrected chi connectivity index (χ0v) is 10.0. The Kier molecular flexibility index (Phi) is 3.33. The zero-order valence-electron chi connectivity index (χ0n) is 10.0. The minimum Gasteiger partial charge on any atom is -0.379 e. The second-order valence-electron chi connectivity index (χ2n) is 5.12. The first-order valence-corrected chi connectivity index (χ1v) is 6.20. The topological polar surface area (TPSA) is 38.5 Å². The molecule has 2 saturated carbocycles. The molecule has 2 rings (SSSR count). The second kappa shape index (κ2) is 4.40. The highest BCUT2D eigenvalue weighted by atomic mass is 16.5. The lowest BCUT2D eigenvalue weighted by Gasteiger charge is -2.49. The Hall–Kier alpha value is -0.120. The van der Waals surface area contributed by atoms with Crippen molar-refractivity contribution in [2.24, 2.45) is 5.73 Å². The summed E-state index contributed by atoms with van der Waals surface area (Å²) in [4.78, 5) is 2.51. The summed E-state index contributed by atoms with van der Waals surface area (Å²) in [5, 5.41) is 0. The average Bonchev–Trinajstić information content (AvgIpc) is 3.11. The van der Waals surface area contributed by atoms with Gasteiger partial charge < -0.3 is 10.5 Å². The molecule has 0 spiro atoms. The Balaban J connectivity index is 2.14. The maximum Gasteiger partial charge on any atom is 0.0767 e. The highest BCUT2D eigenvalue weighted by Gasteiger charge is 2.47. The summed E-state index contributed by atoms with van der Waals surface area (Å²) in [7, 11) is 4.07. The van der Waals surface area contributed by atoms with Crippen molar-refractivity contribution in [2.75, 3.05) is 20.7 Å². The first-order chi connectivity index (χ1) is 7.24. The van der Waals surface area contributed by atoms with E-state index in [2.05, 4.69) is 11.9 Å². The highest BCUT2D eigenvalue weighted by Crippen LogP contribution is 2.40. The molecule has 2 unspecified atom stereocenters.